The predicted molar refractivity (Wildman–Crippen MR) is 121 cm³/mol. The van der Waals surface area contributed by atoms with Gasteiger partial charge in [0.05, 0.1) is 13.0 Å². The highest BCUT2D eigenvalue weighted by atomic mass is 19.1. The highest BCUT2D eigenvalue weighted by molar-refractivity contribution is 5.87. The molecule has 2 heterocycles. The topological polar surface area (TPSA) is 49.8 Å². The Bertz CT molecular complexity index is 1120. The van der Waals surface area contributed by atoms with E-state index in [-0.39, 0.29) is 12.2 Å². The fourth-order valence-electron chi connectivity index (χ4n) is 5.26. The lowest BCUT2D eigenvalue weighted by Gasteiger charge is -2.22. The van der Waals surface area contributed by atoms with Crippen LogP contribution in [0.4, 0.5) is 4.39 Å². The van der Waals surface area contributed by atoms with Gasteiger partial charge >= 0.3 is 5.97 Å². The Hall–Kier alpha value is -2.66. The van der Waals surface area contributed by atoms with Gasteiger partial charge in [-0.1, -0.05) is 6.08 Å². The molecule has 0 radical (unpaired) electrons. The van der Waals surface area contributed by atoms with Gasteiger partial charge in [-0.3, -0.25) is 9.69 Å². The van der Waals surface area contributed by atoms with Gasteiger partial charge in [-0.05, 0) is 104 Å². The van der Waals surface area contributed by atoms with E-state index in [9.17, 15) is 14.3 Å². The van der Waals surface area contributed by atoms with E-state index < -0.39 is 5.97 Å². The maximum Gasteiger partial charge on any atom is 0.307 e. The van der Waals surface area contributed by atoms with E-state index in [0.717, 1.165) is 70.4 Å². The molecule has 0 aliphatic carbocycles. The van der Waals surface area contributed by atoms with Gasteiger partial charge < -0.3 is 9.84 Å². The molecular formula is C26H30FNO3. The summed E-state index contributed by atoms with van der Waals surface area (Å²) < 4.78 is 20.3. The lowest BCUT2D eigenvalue weighted by Crippen LogP contribution is -2.12. The van der Waals surface area contributed by atoms with Gasteiger partial charge in [0.1, 0.15) is 0 Å². The quantitative estimate of drug-likeness (QED) is 0.686. The van der Waals surface area contributed by atoms with Crippen LogP contribution >= 0.6 is 0 Å². The number of hydrogen-bond acceptors (Lipinski definition) is 3. The van der Waals surface area contributed by atoms with Crippen LogP contribution < -0.4 is 4.74 Å². The number of ether oxygens (including phenoxy) is 1. The molecule has 0 saturated carbocycles. The third-order valence-electron chi connectivity index (χ3n) is 6.83. The van der Waals surface area contributed by atoms with Gasteiger partial charge in [-0.2, -0.15) is 0 Å². The van der Waals surface area contributed by atoms with Crippen molar-refractivity contribution in [3.8, 4) is 5.75 Å². The number of carboxylic acid groups (broad SMARTS) is 1. The van der Waals surface area contributed by atoms with Crippen molar-refractivity contribution >= 4 is 17.6 Å². The molecular weight excluding hydrogens is 393 g/mol. The van der Waals surface area contributed by atoms with Crippen LogP contribution in [-0.2, 0) is 30.7 Å². The third-order valence-corrected chi connectivity index (χ3v) is 6.83. The van der Waals surface area contributed by atoms with Gasteiger partial charge in [0.2, 0.25) is 0 Å². The molecule has 0 unspecified atom stereocenters. The van der Waals surface area contributed by atoms with Gasteiger partial charge in [-0.15, -0.1) is 0 Å². The minimum Gasteiger partial charge on any atom is -0.490 e. The van der Waals surface area contributed by atoms with Crippen LogP contribution in [0.25, 0.3) is 11.6 Å². The van der Waals surface area contributed by atoms with Crippen LogP contribution in [0.1, 0.15) is 63.4 Å². The van der Waals surface area contributed by atoms with Gasteiger partial charge in [0, 0.05) is 18.7 Å². The number of nitrogens with zero attached hydrogens (tertiary/aromatic N) is 1. The molecule has 2 aliphatic heterocycles. The van der Waals surface area contributed by atoms with E-state index in [4.69, 9.17) is 4.74 Å². The lowest BCUT2D eigenvalue weighted by atomic mass is 9.83. The van der Waals surface area contributed by atoms with Crippen LogP contribution in [-0.4, -0.2) is 29.6 Å². The summed E-state index contributed by atoms with van der Waals surface area (Å²) in [6.07, 6.45) is 3.69. The normalized spacial score (nSPS) is 16.1. The molecule has 0 spiro atoms. The molecule has 2 aromatic rings. The summed E-state index contributed by atoms with van der Waals surface area (Å²) in [4.78, 5) is 13.9. The van der Waals surface area contributed by atoms with Crippen LogP contribution in [0, 0.1) is 26.6 Å². The molecule has 0 fully saturated rings. The third kappa shape index (κ3) is 3.76. The summed E-state index contributed by atoms with van der Waals surface area (Å²) in [5.74, 6) is -0.776. The first-order chi connectivity index (χ1) is 14.7. The Kier molecular flexibility index (Phi) is 5.65. The maximum absolute atomic E-state index is 14.7. The Morgan fingerprint density at radius 1 is 1.16 bits per heavy atom. The number of benzene rings is 2. The zero-order valence-electron chi connectivity index (χ0n) is 19.0. The van der Waals surface area contributed by atoms with E-state index in [1.54, 1.807) is 6.07 Å². The molecule has 0 saturated heterocycles. The number of halogens is 1. The van der Waals surface area contributed by atoms with Crippen LogP contribution in [0.5, 0.6) is 5.75 Å². The second-order valence-electron chi connectivity index (χ2n) is 8.96. The minimum atomic E-state index is -0.837. The van der Waals surface area contributed by atoms with E-state index in [1.807, 2.05) is 26.8 Å². The van der Waals surface area contributed by atoms with E-state index in [1.165, 1.54) is 11.1 Å². The van der Waals surface area contributed by atoms with Gasteiger partial charge in [0.25, 0.3) is 0 Å². The number of fused-ring (bicyclic) bond motifs is 2. The highest BCUT2D eigenvalue weighted by Gasteiger charge is 2.27. The van der Waals surface area contributed by atoms with Crippen molar-refractivity contribution in [2.75, 3.05) is 13.7 Å². The van der Waals surface area contributed by atoms with Crippen molar-refractivity contribution < 1.29 is 19.0 Å². The molecule has 0 atom stereocenters. The zero-order valence-corrected chi connectivity index (χ0v) is 19.0. The average Bonchev–Trinajstić information content (AvgIpc) is 3.12. The number of aliphatic carboxylic acids is 1. The van der Waals surface area contributed by atoms with Crippen LogP contribution in [0.3, 0.4) is 0 Å². The standard InChI is InChI=1S/C26H30FNO3/c1-14(9-18-10-23(27)26-19(15(18)2)7-6-8-31-26)25-17(4)22-13-28(5)12-21(22)16(3)20(25)11-24(29)30/h9-10H,6-8,11-13H2,1-5H3,(H,29,30)/b14-9+. The summed E-state index contributed by atoms with van der Waals surface area (Å²) in [6, 6.07) is 1.54. The average molecular weight is 424 g/mol. The minimum absolute atomic E-state index is 0.0183. The number of hydrogen-bond donors (Lipinski definition) is 1. The van der Waals surface area contributed by atoms with Crippen molar-refractivity contribution in [1.29, 1.82) is 0 Å². The maximum atomic E-state index is 14.7. The Morgan fingerprint density at radius 2 is 1.84 bits per heavy atom. The largest absolute Gasteiger partial charge is 0.490 e. The summed E-state index contributed by atoms with van der Waals surface area (Å²) in [7, 11) is 2.08. The molecule has 5 heteroatoms. The molecule has 0 amide bonds. The van der Waals surface area contributed by atoms with E-state index >= 15 is 0 Å². The van der Waals surface area contributed by atoms with Crippen LogP contribution in [0.2, 0.25) is 0 Å². The number of carbonyl (C=O) groups is 1. The smallest absolute Gasteiger partial charge is 0.307 e. The monoisotopic (exact) mass is 423 g/mol. The molecule has 2 aliphatic rings. The molecule has 0 aromatic heterocycles. The van der Waals surface area contributed by atoms with Gasteiger partial charge in [0.15, 0.2) is 11.6 Å². The molecule has 164 valence electrons. The van der Waals surface area contributed by atoms with Crippen molar-refractivity contribution in [2.45, 2.75) is 60.0 Å². The molecule has 2 aromatic carbocycles. The highest BCUT2D eigenvalue weighted by Crippen LogP contribution is 2.39. The Balaban J connectivity index is 1.89. The predicted octanol–water partition coefficient (Wildman–Crippen LogP) is 5.21. The zero-order chi connectivity index (χ0) is 22.4. The Morgan fingerprint density at radius 3 is 2.52 bits per heavy atom. The summed E-state index contributed by atoms with van der Waals surface area (Å²) >= 11 is 0. The van der Waals surface area contributed by atoms with E-state index in [2.05, 4.69) is 18.9 Å². The van der Waals surface area contributed by atoms with Crippen molar-refractivity contribution in [1.82, 2.24) is 4.90 Å². The molecule has 4 nitrogen and oxygen atoms in total. The van der Waals surface area contributed by atoms with Gasteiger partial charge in [-0.25, -0.2) is 4.39 Å². The molecule has 31 heavy (non-hydrogen) atoms. The summed E-state index contributed by atoms with van der Waals surface area (Å²) in [6.45, 7) is 10.4. The second-order valence-corrected chi connectivity index (χ2v) is 8.96. The number of allylic oxidation sites excluding steroid dienone is 1. The van der Waals surface area contributed by atoms with Crippen LogP contribution in [0.15, 0.2) is 6.07 Å². The molecule has 4 rings (SSSR count). The first-order valence-electron chi connectivity index (χ1n) is 10.9. The van der Waals surface area contributed by atoms with Crippen molar-refractivity contribution in [3.63, 3.8) is 0 Å². The SMILES string of the molecule is C/C(=C\c1cc(F)c2c(c1C)CCCO2)c1c(C)c2c(c(C)c1CC(=O)O)CN(C)C2. The first kappa shape index (κ1) is 21.6. The lowest BCUT2D eigenvalue weighted by molar-refractivity contribution is -0.136. The Labute approximate surface area is 183 Å². The number of carboxylic acids is 1. The summed E-state index contributed by atoms with van der Waals surface area (Å²) in [5, 5.41) is 9.60. The van der Waals surface area contributed by atoms with Crippen molar-refractivity contribution in [2.24, 2.45) is 0 Å². The van der Waals surface area contributed by atoms with Crippen molar-refractivity contribution in [3.05, 3.63) is 62.0 Å². The van der Waals surface area contributed by atoms with E-state index in [0.29, 0.717) is 12.4 Å². The molecule has 1 N–H and O–H groups in total. The number of rotatable bonds is 4. The fraction of sp³-hybridized carbons (Fsp3) is 0.423. The second kappa shape index (κ2) is 8.12. The molecule has 0 bridgehead atoms. The summed E-state index contributed by atoms with van der Waals surface area (Å²) in [5.41, 5.74) is 10.4. The first-order valence-corrected chi connectivity index (χ1v) is 10.9. The fourth-order valence-corrected chi connectivity index (χ4v) is 5.26.